The van der Waals surface area contributed by atoms with Crippen molar-refractivity contribution in [3.05, 3.63) is 16.9 Å². The molecule has 0 aliphatic heterocycles. The fraction of sp³-hybridized carbons (Fsp3) is 0.500. The van der Waals surface area contributed by atoms with Gasteiger partial charge in [0.1, 0.15) is 0 Å². The van der Waals surface area contributed by atoms with Gasteiger partial charge in [0.2, 0.25) is 0 Å². The van der Waals surface area contributed by atoms with Gasteiger partial charge in [-0.3, -0.25) is 4.98 Å². The molecular formula is C10H16BrN3OS. The van der Waals surface area contributed by atoms with E-state index in [9.17, 15) is 0 Å². The van der Waals surface area contributed by atoms with Crippen LogP contribution >= 0.6 is 27.7 Å². The summed E-state index contributed by atoms with van der Waals surface area (Å²) in [5.41, 5.74) is 7.34. The van der Waals surface area contributed by atoms with Gasteiger partial charge in [-0.2, -0.15) is 11.8 Å². The summed E-state index contributed by atoms with van der Waals surface area (Å²) in [5, 5.41) is 11.9. The van der Waals surface area contributed by atoms with Crippen molar-refractivity contribution in [1.82, 2.24) is 4.98 Å². The molecule has 16 heavy (non-hydrogen) atoms. The molecule has 0 saturated carbocycles. The van der Waals surface area contributed by atoms with Gasteiger partial charge < -0.3 is 16.2 Å². The number of nitrogens with zero attached hydrogens (tertiary/aromatic N) is 1. The first kappa shape index (κ1) is 13.6. The summed E-state index contributed by atoms with van der Waals surface area (Å²) in [5.74, 6) is 1.99. The summed E-state index contributed by atoms with van der Waals surface area (Å²) >= 11 is 5.21. The van der Waals surface area contributed by atoms with Crippen LogP contribution in [0.15, 0.2) is 16.9 Å². The van der Waals surface area contributed by atoms with Crippen LogP contribution in [0.5, 0.6) is 0 Å². The van der Waals surface area contributed by atoms with Gasteiger partial charge in [-0.25, -0.2) is 0 Å². The maximum absolute atomic E-state index is 8.61. The van der Waals surface area contributed by atoms with Crippen molar-refractivity contribution in [1.29, 1.82) is 0 Å². The Hall–Kier alpha value is -0.460. The summed E-state index contributed by atoms with van der Waals surface area (Å²) in [7, 11) is 0. The first-order valence-corrected chi connectivity index (χ1v) is 7.02. The number of nitrogens with one attached hydrogen (secondary N) is 1. The van der Waals surface area contributed by atoms with Crippen molar-refractivity contribution in [2.75, 3.05) is 35.7 Å². The molecule has 1 rings (SSSR count). The second-order valence-electron chi connectivity index (χ2n) is 3.20. The third-order valence-corrected chi connectivity index (χ3v) is 3.60. The number of rotatable bonds is 7. The van der Waals surface area contributed by atoms with Crippen molar-refractivity contribution < 1.29 is 5.11 Å². The fourth-order valence-electron chi connectivity index (χ4n) is 1.15. The van der Waals surface area contributed by atoms with Gasteiger partial charge in [0, 0.05) is 25.1 Å². The van der Waals surface area contributed by atoms with Gasteiger partial charge in [0.15, 0.2) is 0 Å². The lowest BCUT2D eigenvalue weighted by molar-refractivity contribution is 0.296. The SMILES string of the molecule is Nc1cncc(Br)c1NCCSCCCO. The molecule has 0 aromatic carbocycles. The van der Waals surface area contributed by atoms with Crippen LogP contribution in [0.25, 0.3) is 0 Å². The second-order valence-corrected chi connectivity index (χ2v) is 5.28. The third-order valence-electron chi connectivity index (χ3n) is 1.92. The van der Waals surface area contributed by atoms with Crippen molar-refractivity contribution in [2.24, 2.45) is 0 Å². The molecule has 0 spiro atoms. The number of aromatic nitrogens is 1. The molecule has 1 aromatic rings. The minimum absolute atomic E-state index is 0.267. The van der Waals surface area contributed by atoms with Gasteiger partial charge >= 0.3 is 0 Å². The second kappa shape index (κ2) is 7.76. The number of thioether (sulfide) groups is 1. The molecule has 0 aliphatic rings. The van der Waals surface area contributed by atoms with Crippen LogP contribution in [0, 0.1) is 0 Å². The highest BCUT2D eigenvalue weighted by atomic mass is 79.9. The van der Waals surface area contributed by atoms with Crippen LogP contribution in [0.1, 0.15) is 6.42 Å². The van der Waals surface area contributed by atoms with Crippen molar-refractivity contribution >= 4 is 39.1 Å². The molecule has 4 N–H and O–H groups in total. The number of hydrogen-bond acceptors (Lipinski definition) is 5. The lowest BCUT2D eigenvalue weighted by Crippen LogP contribution is -2.07. The third kappa shape index (κ3) is 4.59. The molecule has 0 fully saturated rings. The monoisotopic (exact) mass is 305 g/mol. The predicted octanol–water partition coefficient (Wildman–Crippen LogP) is 1.95. The Balaban J connectivity index is 2.26. The maximum atomic E-state index is 8.61. The van der Waals surface area contributed by atoms with Gasteiger partial charge in [-0.15, -0.1) is 0 Å². The van der Waals surface area contributed by atoms with E-state index in [4.69, 9.17) is 10.8 Å². The van der Waals surface area contributed by atoms with Gasteiger partial charge in [-0.1, -0.05) is 0 Å². The summed E-state index contributed by atoms with van der Waals surface area (Å²) in [6, 6.07) is 0. The molecule has 0 atom stereocenters. The Morgan fingerprint density at radius 3 is 2.94 bits per heavy atom. The molecule has 0 amide bonds. The standard InChI is InChI=1S/C10H16BrN3OS/c11-8-6-13-7-9(12)10(8)14-2-5-16-4-1-3-15/h6-7,15H,1-5,12H2,(H,13,14). The highest BCUT2D eigenvalue weighted by Crippen LogP contribution is 2.26. The summed E-state index contributed by atoms with van der Waals surface area (Å²) in [6.45, 7) is 1.12. The smallest absolute Gasteiger partial charge is 0.0750 e. The zero-order valence-electron chi connectivity index (χ0n) is 8.95. The molecule has 0 radical (unpaired) electrons. The summed E-state index contributed by atoms with van der Waals surface area (Å²) in [6.07, 6.45) is 4.20. The molecule has 0 unspecified atom stereocenters. The van der Waals surface area contributed by atoms with Crippen molar-refractivity contribution in [3.63, 3.8) is 0 Å². The zero-order chi connectivity index (χ0) is 11.8. The number of anilines is 2. The number of aliphatic hydroxyl groups excluding tert-OH is 1. The predicted molar refractivity (Wildman–Crippen MR) is 73.9 cm³/mol. The number of aliphatic hydroxyl groups is 1. The lowest BCUT2D eigenvalue weighted by Gasteiger charge is -2.10. The largest absolute Gasteiger partial charge is 0.396 e. The topological polar surface area (TPSA) is 71.2 Å². The van der Waals surface area contributed by atoms with E-state index in [-0.39, 0.29) is 6.61 Å². The number of hydrogen-bond donors (Lipinski definition) is 3. The Morgan fingerprint density at radius 1 is 1.44 bits per heavy atom. The first-order chi connectivity index (χ1) is 7.75. The van der Waals surface area contributed by atoms with Crippen molar-refractivity contribution in [2.45, 2.75) is 6.42 Å². The average Bonchev–Trinajstić information content (AvgIpc) is 2.26. The quantitative estimate of drug-likeness (QED) is 0.672. The highest BCUT2D eigenvalue weighted by Gasteiger charge is 2.03. The molecule has 0 saturated heterocycles. The van der Waals surface area contributed by atoms with Crippen LogP contribution in [-0.4, -0.2) is 34.7 Å². The Labute approximate surface area is 108 Å². The Morgan fingerprint density at radius 2 is 2.25 bits per heavy atom. The van der Waals surface area contributed by atoms with Crippen LogP contribution in [-0.2, 0) is 0 Å². The number of nitrogen functional groups attached to an aromatic ring is 1. The fourth-order valence-corrected chi connectivity index (χ4v) is 2.42. The van der Waals surface area contributed by atoms with Crippen LogP contribution in [0.2, 0.25) is 0 Å². The highest BCUT2D eigenvalue weighted by molar-refractivity contribution is 9.10. The van der Waals surface area contributed by atoms with Gasteiger partial charge in [0.25, 0.3) is 0 Å². The molecular weight excluding hydrogens is 290 g/mol. The zero-order valence-corrected chi connectivity index (χ0v) is 11.4. The number of nitrogens with two attached hydrogens (primary N) is 1. The van der Waals surface area contributed by atoms with Gasteiger partial charge in [-0.05, 0) is 28.1 Å². The number of halogens is 1. The van der Waals surface area contributed by atoms with E-state index in [2.05, 4.69) is 26.2 Å². The average molecular weight is 306 g/mol. The van der Waals surface area contributed by atoms with E-state index in [1.165, 1.54) is 0 Å². The lowest BCUT2D eigenvalue weighted by atomic mass is 10.3. The molecule has 6 heteroatoms. The van der Waals surface area contributed by atoms with E-state index in [0.29, 0.717) is 5.69 Å². The summed E-state index contributed by atoms with van der Waals surface area (Å²) < 4.78 is 0.882. The minimum atomic E-state index is 0.267. The molecule has 1 heterocycles. The first-order valence-electron chi connectivity index (χ1n) is 5.07. The summed E-state index contributed by atoms with van der Waals surface area (Å²) in [4.78, 5) is 3.97. The molecule has 0 bridgehead atoms. The van der Waals surface area contributed by atoms with Crippen LogP contribution in [0.4, 0.5) is 11.4 Å². The van der Waals surface area contributed by atoms with E-state index < -0.39 is 0 Å². The number of pyridine rings is 1. The van der Waals surface area contributed by atoms with E-state index in [1.54, 1.807) is 12.4 Å². The Kier molecular flexibility index (Phi) is 6.59. The van der Waals surface area contributed by atoms with E-state index in [0.717, 1.165) is 34.6 Å². The molecule has 1 aromatic heterocycles. The van der Waals surface area contributed by atoms with Crippen molar-refractivity contribution in [3.8, 4) is 0 Å². The minimum Gasteiger partial charge on any atom is -0.396 e. The molecule has 0 aliphatic carbocycles. The van der Waals surface area contributed by atoms with Crippen LogP contribution < -0.4 is 11.1 Å². The van der Waals surface area contributed by atoms with E-state index >= 15 is 0 Å². The van der Waals surface area contributed by atoms with Crippen LogP contribution in [0.3, 0.4) is 0 Å². The van der Waals surface area contributed by atoms with E-state index in [1.807, 2.05) is 11.8 Å². The molecule has 4 nitrogen and oxygen atoms in total. The maximum Gasteiger partial charge on any atom is 0.0750 e. The Bertz CT molecular complexity index is 305. The normalized spacial score (nSPS) is 10.4. The molecule has 90 valence electrons. The van der Waals surface area contributed by atoms with Gasteiger partial charge in [0.05, 0.1) is 22.0 Å².